The highest BCUT2D eigenvalue weighted by molar-refractivity contribution is 5.96. The molecule has 4 amide bonds. The minimum atomic E-state index is -1.51. The summed E-state index contributed by atoms with van der Waals surface area (Å²) in [5.41, 5.74) is 0.779. The van der Waals surface area contributed by atoms with Crippen molar-refractivity contribution in [3.05, 3.63) is 47.5 Å². The molecule has 0 radical (unpaired) electrons. The van der Waals surface area contributed by atoms with Crippen molar-refractivity contribution in [2.75, 3.05) is 13.2 Å². The number of benzene rings is 1. The fourth-order valence-electron chi connectivity index (χ4n) is 6.99. The third-order valence-corrected chi connectivity index (χ3v) is 10.0. The van der Waals surface area contributed by atoms with Crippen molar-refractivity contribution in [2.45, 2.75) is 110 Å². The summed E-state index contributed by atoms with van der Waals surface area (Å²) in [6, 6.07) is 3.89. The molecule has 4 aliphatic rings. The average molecular weight is 653 g/mol. The van der Waals surface area contributed by atoms with E-state index in [9.17, 15) is 29.1 Å². The SMILES string of the molecule is C=C[C@H]1C[C@]1(NC(=O)[C@@H]1C[C@@H]2CN1C(=O)[C@H](C(C)(C)C)NC(=O)OCC(C)(C)CCCCc1cccc3c1CN(C3)C(=O)O2)C(=O)O. The van der Waals surface area contributed by atoms with Crippen LogP contribution < -0.4 is 10.6 Å². The van der Waals surface area contributed by atoms with Crippen LogP contribution in [0.25, 0.3) is 0 Å². The van der Waals surface area contributed by atoms with Crippen molar-refractivity contribution in [2.24, 2.45) is 16.7 Å². The van der Waals surface area contributed by atoms with Gasteiger partial charge < -0.3 is 30.1 Å². The Bertz CT molecular complexity index is 1450. The number of aryl methyl sites for hydroxylation is 1. The third-order valence-electron chi connectivity index (χ3n) is 10.0. The molecule has 3 N–H and O–H groups in total. The molecule has 0 spiro atoms. The largest absolute Gasteiger partial charge is 0.479 e. The molecule has 1 aromatic carbocycles. The van der Waals surface area contributed by atoms with Gasteiger partial charge in [-0.3, -0.25) is 14.5 Å². The quantitative estimate of drug-likeness (QED) is 0.410. The average Bonchev–Trinajstić information content (AvgIpc) is 3.31. The van der Waals surface area contributed by atoms with Crippen LogP contribution >= 0.6 is 0 Å². The lowest BCUT2D eigenvalue weighted by Crippen LogP contribution is -2.59. The number of carbonyl (C=O) groups excluding carboxylic acids is 4. The second-order valence-corrected chi connectivity index (χ2v) is 15.4. The normalized spacial score (nSPS) is 29.7. The molecule has 3 aliphatic heterocycles. The summed E-state index contributed by atoms with van der Waals surface area (Å²) in [7, 11) is 0. The van der Waals surface area contributed by atoms with Gasteiger partial charge in [-0.15, -0.1) is 6.58 Å². The topological polar surface area (TPSA) is 155 Å². The Morgan fingerprint density at radius 2 is 1.85 bits per heavy atom. The van der Waals surface area contributed by atoms with Gasteiger partial charge in [-0.2, -0.15) is 0 Å². The molecule has 256 valence electrons. The number of hydrogen-bond donors (Lipinski definition) is 3. The predicted octanol–water partition coefficient (Wildman–Crippen LogP) is 4.15. The number of fused-ring (bicyclic) bond motifs is 3. The maximum Gasteiger partial charge on any atom is 0.410 e. The lowest BCUT2D eigenvalue weighted by Gasteiger charge is -2.35. The smallest absolute Gasteiger partial charge is 0.410 e. The summed E-state index contributed by atoms with van der Waals surface area (Å²) in [4.78, 5) is 69.7. The Morgan fingerprint density at radius 3 is 2.51 bits per heavy atom. The van der Waals surface area contributed by atoms with Crippen LogP contribution in [0.5, 0.6) is 0 Å². The Labute approximate surface area is 276 Å². The highest BCUT2D eigenvalue weighted by atomic mass is 16.6. The molecule has 4 bridgehead atoms. The second kappa shape index (κ2) is 12.8. The molecule has 1 aromatic rings. The maximum atomic E-state index is 14.3. The van der Waals surface area contributed by atoms with Gasteiger partial charge in [0, 0.05) is 25.4 Å². The minimum Gasteiger partial charge on any atom is -0.479 e. The lowest BCUT2D eigenvalue weighted by molar-refractivity contribution is -0.146. The summed E-state index contributed by atoms with van der Waals surface area (Å²) in [5.74, 6) is -2.87. The van der Waals surface area contributed by atoms with E-state index in [-0.39, 0.29) is 31.4 Å². The fraction of sp³-hybridized carbons (Fsp3) is 0.629. The van der Waals surface area contributed by atoms with Gasteiger partial charge in [-0.1, -0.05) is 65.3 Å². The summed E-state index contributed by atoms with van der Waals surface area (Å²) in [6.45, 7) is 14.0. The van der Waals surface area contributed by atoms with Crippen LogP contribution in [0.1, 0.15) is 83.4 Å². The van der Waals surface area contributed by atoms with Crippen molar-refractivity contribution in [1.82, 2.24) is 20.4 Å². The molecule has 1 aliphatic carbocycles. The van der Waals surface area contributed by atoms with E-state index in [1.54, 1.807) is 25.7 Å². The molecule has 5 atom stereocenters. The van der Waals surface area contributed by atoms with E-state index in [1.807, 2.05) is 26.0 Å². The Hall–Kier alpha value is -4.09. The number of ether oxygens (including phenoxy) is 2. The fourth-order valence-corrected chi connectivity index (χ4v) is 6.99. The van der Waals surface area contributed by atoms with E-state index in [4.69, 9.17) is 9.47 Å². The summed E-state index contributed by atoms with van der Waals surface area (Å²) in [5, 5.41) is 15.3. The number of carboxylic acid groups (broad SMARTS) is 1. The van der Waals surface area contributed by atoms with Crippen molar-refractivity contribution in [1.29, 1.82) is 0 Å². The molecule has 47 heavy (non-hydrogen) atoms. The van der Waals surface area contributed by atoms with E-state index in [0.29, 0.717) is 13.1 Å². The second-order valence-electron chi connectivity index (χ2n) is 15.4. The first-order valence-electron chi connectivity index (χ1n) is 16.5. The van der Waals surface area contributed by atoms with Gasteiger partial charge in [0.25, 0.3) is 0 Å². The monoisotopic (exact) mass is 652 g/mol. The standard InChI is InChI=1S/C35H48N4O8/c1-7-23-16-35(23,30(42)43)37-28(40)26-15-24-18-39(26)29(41)27(33(2,3)4)36-31(44)46-20-34(5,6)14-9-8-11-21-12-10-13-22-17-38(19-25(21)22)32(45)47-24/h7,10,12-13,23-24,26-27H,1,8-9,11,14-20H2,2-6H3,(H,36,44)(H,37,40)(H,42,43)/t23-,24+,26-,27+,35+/m0/s1. The number of alkyl carbamates (subject to hydrolysis) is 1. The van der Waals surface area contributed by atoms with Crippen molar-refractivity contribution < 1.29 is 38.6 Å². The number of amides is 4. The molecule has 12 heteroatoms. The molecule has 1 saturated heterocycles. The molecule has 0 aromatic heterocycles. The van der Waals surface area contributed by atoms with E-state index >= 15 is 0 Å². The first kappa shape index (κ1) is 34.3. The number of rotatable bonds is 4. The number of nitrogens with zero attached hydrogens (tertiary/aromatic N) is 2. The molecule has 12 nitrogen and oxygen atoms in total. The number of hydrogen-bond acceptors (Lipinski definition) is 7. The number of nitrogens with one attached hydrogen (secondary N) is 2. The van der Waals surface area contributed by atoms with Crippen molar-refractivity contribution >= 4 is 30.0 Å². The molecule has 5 rings (SSSR count). The molecular weight excluding hydrogens is 604 g/mol. The number of carboxylic acids is 1. The zero-order chi connectivity index (χ0) is 34.3. The Morgan fingerprint density at radius 1 is 1.13 bits per heavy atom. The summed E-state index contributed by atoms with van der Waals surface area (Å²) >= 11 is 0. The van der Waals surface area contributed by atoms with Gasteiger partial charge in [-0.05, 0) is 53.2 Å². The zero-order valence-electron chi connectivity index (χ0n) is 28.1. The maximum absolute atomic E-state index is 14.3. The van der Waals surface area contributed by atoms with Gasteiger partial charge in [0.2, 0.25) is 11.8 Å². The van der Waals surface area contributed by atoms with E-state index in [1.165, 1.54) is 16.5 Å². The first-order chi connectivity index (χ1) is 22.0. The molecule has 3 heterocycles. The highest BCUT2D eigenvalue weighted by Gasteiger charge is 2.61. The summed E-state index contributed by atoms with van der Waals surface area (Å²) in [6.07, 6.45) is 3.06. The molecular formula is C35H48N4O8. The van der Waals surface area contributed by atoms with E-state index < -0.39 is 65.0 Å². The van der Waals surface area contributed by atoms with Gasteiger partial charge in [0.05, 0.1) is 13.2 Å². The molecule has 1 saturated carbocycles. The lowest BCUT2D eigenvalue weighted by atomic mass is 9.85. The van der Waals surface area contributed by atoms with Gasteiger partial charge >= 0.3 is 18.2 Å². The van der Waals surface area contributed by atoms with Gasteiger partial charge in [-0.25, -0.2) is 14.4 Å². The van der Waals surface area contributed by atoms with E-state index in [0.717, 1.165) is 36.8 Å². The van der Waals surface area contributed by atoms with Crippen LogP contribution in [0.2, 0.25) is 0 Å². The van der Waals surface area contributed by atoms with Crippen molar-refractivity contribution in [3.8, 4) is 0 Å². The van der Waals surface area contributed by atoms with Crippen LogP contribution in [0, 0.1) is 16.7 Å². The number of cyclic esters (lactones) is 1. The predicted molar refractivity (Wildman–Crippen MR) is 172 cm³/mol. The van der Waals surface area contributed by atoms with Crippen LogP contribution in [0.15, 0.2) is 30.9 Å². The van der Waals surface area contributed by atoms with E-state index in [2.05, 4.69) is 23.3 Å². The van der Waals surface area contributed by atoms with Crippen LogP contribution in [-0.4, -0.2) is 81.8 Å². The third kappa shape index (κ3) is 7.26. The number of carbonyl (C=O) groups is 5. The van der Waals surface area contributed by atoms with Crippen LogP contribution in [0.3, 0.4) is 0 Å². The summed E-state index contributed by atoms with van der Waals surface area (Å²) < 4.78 is 11.6. The van der Waals surface area contributed by atoms with Crippen LogP contribution in [0.4, 0.5) is 9.59 Å². The molecule has 2 fully saturated rings. The van der Waals surface area contributed by atoms with Gasteiger partial charge in [0.15, 0.2) is 0 Å². The Balaban J connectivity index is 1.44. The molecule has 0 unspecified atom stereocenters. The van der Waals surface area contributed by atoms with Gasteiger partial charge in [0.1, 0.15) is 23.7 Å². The number of aliphatic carboxylic acids is 1. The first-order valence-corrected chi connectivity index (χ1v) is 16.5. The van der Waals surface area contributed by atoms with Crippen LogP contribution in [-0.2, 0) is 43.4 Å². The highest BCUT2D eigenvalue weighted by Crippen LogP contribution is 2.45. The zero-order valence-corrected chi connectivity index (χ0v) is 28.1. The van der Waals surface area contributed by atoms with Crippen molar-refractivity contribution in [3.63, 3.8) is 0 Å². The Kier molecular flexibility index (Phi) is 9.36. The minimum absolute atomic E-state index is 0.0285.